The van der Waals surface area contributed by atoms with Crippen LogP contribution in [0.3, 0.4) is 0 Å². The second-order valence-corrected chi connectivity index (χ2v) is 5.37. The fraction of sp³-hybridized carbons (Fsp3) is 0.571. The zero-order chi connectivity index (χ0) is 13.4. The van der Waals surface area contributed by atoms with Crippen LogP contribution in [-0.4, -0.2) is 43.9 Å². The van der Waals surface area contributed by atoms with Gasteiger partial charge >= 0.3 is 0 Å². The van der Waals surface area contributed by atoms with Crippen LogP contribution in [0.5, 0.6) is 0 Å². The van der Waals surface area contributed by atoms with E-state index in [-0.39, 0.29) is 0 Å². The first-order valence-corrected chi connectivity index (χ1v) is 7.07. The van der Waals surface area contributed by atoms with E-state index in [9.17, 15) is 5.11 Å². The lowest BCUT2D eigenvalue weighted by Crippen LogP contribution is -2.19. The van der Waals surface area contributed by atoms with Crippen LogP contribution in [0.4, 0.5) is 0 Å². The summed E-state index contributed by atoms with van der Waals surface area (Å²) < 4.78 is 10.1. The van der Waals surface area contributed by atoms with E-state index in [1.807, 2.05) is 0 Å². The SMILES string of the molecule is COCCOCC(O)CSc1ccc(C)c(C)c1. The Morgan fingerprint density at radius 2 is 2.00 bits per heavy atom. The molecule has 0 saturated carbocycles. The van der Waals surface area contributed by atoms with E-state index in [1.165, 1.54) is 16.0 Å². The van der Waals surface area contributed by atoms with Gasteiger partial charge in [0.2, 0.25) is 0 Å². The Morgan fingerprint density at radius 3 is 2.67 bits per heavy atom. The van der Waals surface area contributed by atoms with Crippen molar-refractivity contribution in [3.8, 4) is 0 Å². The molecule has 18 heavy (non-hydrogen) atoms. The molecule has 0 spiro atoms. The third-order valence-electron chi connectivity index (χ3n) is 2.66. The standard InChI is InChI=1S/C14H22O3S/c1-11-4-5-14(8-12(11)2)18-10-13(15)9-17-7-6-16-3/h4-5,8,13,15H,6-7,9-10H2,1-3H3. The van der Waals surface area contributed by atoms with Crippen molar-refractivity contribution in [3.63, 3.8) is 0 Å². The van der Waals surface area contributed by atoms with Crippen LogP contribution >= 0.6 is 11.8 Å². The third-order valence-corrected chi connectivity index (χ3v) is 3.80. The number of aliphatic hydroxyl groups is 1. The van der Waals surface area contributed by atoms with Gasteiger partial charge in [-0.1, -0.05) is 6.07 Å². The molecule has 0 amide bonds. The molecule has 4 heteroatoms. The topological polar surface area (TPSA) is 38.7 Å². The first-order valence-electron chi connectivity index (χ1n) is 6.08. The molecule has 1 N–H and O–H groups in total. The number of aryl methyl sites for hydroxylation is 2. The minimum atomic E-state index is -0.437. The number of ether oxygens (including phenoxy) is 2. The van der Waals surface area contributed by atoms with Gasteiger partial charge in [-0.3, -0.25) is 0 Å². The fourth-order valence-corrected chi connectivity index (χ4v) is 2.31. The molecule has 1 aromatic carbocycles. The molecule has 0 radical (unpaired) electrons. The molecule has 0 aliphatic heterocycles. The van der Waals surface area contributed by atoms with Gasteiger partial charge in [0.15, 0.2) is 0 Å². The second kappa shape index (κ2) is 8.53. The summed E-state index contributed by atoms with van der Waals surface area (Å²) in [6.45, 7) is 5.66. The molecule has 0 heterocycles. The molecule has 1 atom stereocenters. The van der Waals surface area contributed by atoms with E-state index >= 15 is 0 Å². The van der Waals surface area contributed by atoms with Gasteiger partial charge in [0, 0.05) is 17.8 Å². The highest BCUT2D eigenvalue weighted by atomic mass is 32.2. The largest absolute Gasteiger partial charge is 0.390 e. The van der Waals surface area contributed by atoms with E-state index < -0.39 is 6.10 Å². The first-order chi connectivity index (χ1) is 8.63. The monoisotopic (exact) mass is 270 g/mol. The van der Waals surface area contributed by atoms with Crippen molar-refractivity contribution >= 4 is 11.8 Å². The lowest BCUT2D eigenvalue weighted by molar-refractivity contribution is 0.0218. The molecule has 0 aliphatic rings. The molecule has 3 nitrogen and oxygen atoms in total. The molecule has 0 aliphatic carbocycles. The van der Waals surface area contributed by atoms with Crippen LogP contribution < -0.4 is 0 Å². The van der Waals surface area contributed by atoms with Gasteiger partial charge in [-0.2, -0.15) is 0 Å². The Morgan fingerprint density at radius 1 is 1.22 bits per heavy atom. The minimum Gasteiger partial charge on any atom is -0.390 e. The summed E-state index contributed by atoms with van der Waals surface area (Å²) in [7, 11) is 1.63. The number of rotatable bonds is 8. The number of thioether (sulfide) groups is 1. The maximum absolute atomic E-state index is 9.75. The first kappa shape index (κ1) is 15.5. The highest BCUT2D eigenvalue weighted by molar-refractivity contribution is 7.99. The molecule has 0 fully saturated rings. The van der Waals surface area contributed by atoms with Gasteiger partial charge in [-0.05, 0) is 37.1 Å². The summed E-state index contributed by atoms with van der Waals surface area (Å²) in [6, 6.07) is 6.35. The van der Waals surface area contributed by atoms with Crippen molar-refractivity contribution in [2.24, 2.45) is 0 Å². The van der Waals surface area contributed by atoms with Crippen LogP contribution in [0.25, 0.3) is 0 Å². The van der Waals surface area contributed by atoms with Crippen molar-refractivity contribution in [3.05, 3.63) is 29.3 Å². The van der Waals surface area contributed by atoms with Crippen LogP contribution in [0.2, 0.25) is 0 Å². The van der Waals surface area contributed by atoms with E-state index in [1.54, 1.807) is 18.9 Å². The van der Waals surface area contributed by atoms with Crippen LogP contribution in [0.1, 0.15) is 11.1 Å². The smallest absolute Gasteiger partial charge is 0.0867 e. The maximum atomic E-state index is 9.75. The predicted octanol–water partition coefficient (Wildman–Crippen LogP) is 2.42. The highest BCUT2D eigenvalue weighted by Gasteiger charge is 2.06. The van der Waals surface area contributed by atoms with Gasteiger partial charge in [0.25, 0.3) is 0 Å². The molecule has 0 bridgehead atoms. The summed E-state index contributed by atoms with van der Waals surface area (Å²) in [5, 5.41) is 9.75. The predicted molar refractivity (Wildman–Crippen MR) is 75.3 cm³/mol. The van der Waals surface area contributed by atoms with E-state index in [2.05, 4.69) is 32.0 Å². The van der Waals surface area contributed by atoms with Crippen LogP contribution in [-0.2, 0) is 9.47 Å². The number of benzene rings is 1. The molecule has 1 aromatic rings. The van der Waals surface area contributed by atoms with Crippen molar-refractivity contribution in [2.45, 2.75) is 24.8 Å². The number of methoxy groups -OCH3 is 1. The average Bonchev–Trinajstić information content (AvgIpc) is 2.36. The number of hydrogen-bond donors (Lipinski definition) is 1. The molecule has 102 valence electrons. The van der Waals surface area contributed by atoms with Crippen molar-refractivity contribution in [2.75, 3.05) is 32.7 Å². The van der Waals surface area contributed by atoms with Gasteiger partial charge < -0.3 is 14.6 Å². The van der Waals surface area contributed by atoms with Gasteiger partial charge in [-0.15, -0.1) is 11.8 Å². The molecule has 1 rings (SSSR count). The molecular weight excluding hydrogens is 248 g/mol. The Bertz CT molecular complexity index is 355. The highest BCUT2D eigenvalue weighted by Crippen LogP contribution is 2.21. The van der Waals surface area contributed by atoms with Crippen molar-refractivity contribution < 1.29 is 14.6 Å². The summed E-state index contributed by atoms with van der Waals surface area (Å²) in [5.74, 6) is 0.648. The molecule has 0 saturated heterocycles. The zero-order valence-electron chi connectivity index (χ0n) is 11.3. The second-order valence-electron chi connectivity index (χ2n) is 4.28. The van der Waals surface area contributed by atoms with Gasteiger partial charge in [-0.25, -0.2) is 0 Å². The molecule has 1 unspecified atom stereocenters. The summed E-state index contributed by atoms with van der Waals surface area (Å²) in [5.41, 5.74) is 2.58. The van der Waals surface area contributed by atoms with Crippen LogP contribution in [0.15, 0.2) is 23.1 Å². The van der Waals surface area contributed by atoms with Crippen LogP contribution in [0, 0.1) is 13.8 Å². The summed E-state index contributed by atoms with van der Waals surface area (Å²) in [6.07, 6.45) is -0.437. The Kier molecular flexibility index (Phi) is 7.35. The Hall–Kier alpha value is -0.550. The molecular formula is C14H22O3S. The lowest BCUT2D eigenvalue weighted by Gasteiger charge is -2.11. The number of aliphatic hydroxyl groups excluding tert-OH is 1. The van der Waals surface area contributed by atoms with Crippen molar-refractivity contribution in [1.82, 2.24) is 0 Å². The normalized spacial score (nSPS) is 12.7. The van der Waals surface area contributed by atoms with E-state index in [0.717, 1.165) is 0 Å². The van der Waals surface area contributed by atoms with E-state index in [0.29, 0.717) is 25.6 Å². The van der Waals surface area contributed by atoms with E-state index in [4.69, 9.17) is 9.47 Å². The summed E-state index contributed by atoms with van der Waals surface area (Å²) >= 11 is 1.65. The van der Waals surface area contributed by atoms with Crippen molar-refractivity contribution in [1.29, 1.82) is 0 Å². The lowest BCUT2D eigenvalue weighted by atomic mass is 10.1. The minimum absolute atomic E-state index is 0.362. The molecule has 0 aromatic heterocycles. The Balaban J connectivity index is 2.24. The third kappa shape index (κ3) is 5.87. The van der Waals surface area contributed by atoms with Gasteiger partial charge in [0.05, 0.1) is 25.9 Å². The quantitative estimate of drug-likeness (QED) is 0.581. The fourth-order valence-electron chi connectivity index (χ4n) is 1.41. The Labute approximate surface area is 113 Å². The van der Waals surface area contributed by atoms with Gasteiger partial charge in [0.1, 0.15) is 0 Å². The number of hydrogen-bond acceptors (Lipinski definition) is 4. The zero-order valence-corrected chi connectivity index (χ0v) is 12.1. The maximum Gasteiger partial charge on any atom is 0.0867 e. The average molecular weight is 270 g/mol. The summed E-state index contributed by atoms with van der Waals surface area (Å²) in [4.78, 5) is 1.19.